The third kappa shape index (κ3) is 5.40. The number of amides is 2. The van der Waals surface area contributed by atoms with Crippen LogP contribution in [0.5, 0.6) is 5.75 Å². The molecule has 39 heavy (non-hydrogen) atoms. The van der Waals surface area contributed by atoms with E-state index in [0.29, 0.717) is 16.5 Å². The summed E-state index contributed by atoms with van der Waals surface area (Å²) in [7, 11) is -4.19. The smallest absolute Gasteiger partial charge is 0.339 e. The van der Waals surface area contributed by atoms with Crippen LogP contribution < -0.4 is 4.18 Å². The van der Waals surface area contributed by atoms with Gasteiger partial charge in [-0.25, -0.2) is 0 Å². The van der Waals surface area contributed by atoms with Crippen molar-refractivity contribution in [3.05, 3.63) is 117 Å². The lowest BCUT2D eigenvalue weighted by molar-refractivity contribution is -0.384. The van der Waals surface area contributed by atoms with E-state index in [1.807, 2.05) is 19.1 Å². The Bertz CT molecular complexity index is 1760. The molecule has 0 atom stereocenters. The van der Waals surface area contributed by atoms with E-state index >= 15 is 0 Å². The van der Waals surface area contributed by atoms with Crippen LogP contribution in [-0.4, -0.2) is 29.4 Å². The standard InChI is InChI=1S/C28H20N2O7S2/c1-18-6-13-22(14-7-18)39(35,36)37-25-15-10-20-4-2-3-5-23(20)24(25)16-26-27(31)29(28(32)38-26)17-19-8-11-21(12-9-19)30(33)34/h2-16H,17H2,1H3/b26-16-. The van der Waals surface area contributed by atoms with Gasteiger partial charge in [0.2, 0.25) is 0 Å². The molecule has 1 fully saturated rings. The maximum absolute atomic E-state index is 13.2. The van der Waals surface area contributed by atoms with Crippen LogP contribution in [0.3, 0.4) is 0 Å². The summed E-state index contributed by atoms with van der Waals surface area (Å²) in [6, 6.07) is 22.3. The van der Waals surface area contributed by atoms with Crippen LogP contribution in [0, 0.1) is 17.0 Å². The number of non-ortho nitro benzene ring substituents is 1. The molecule has 0 bridgehead atoms. The number of fused-ring (bicyclic) bond motifs is 1. The molecule has 0 aromatic heterocycles. The Morgan fingerprint density at radius 2 is 1.64 bits per heavy atom. The summed E-state index contributed by atoms with van der Waals surface area (Å²) in [5.41, 5.74) is 1.67. The number of nitrogens with zero attached hydrogens (tertiary/aromatic N) is 2. The van der Waals surface area contributed by atoms with Gasteiger partial charge in [0.15, 0.2) is 5.75 Å². The quantitative estimate of drug-likeness (QED) is 0.116. The van der Waals surface area contributed by atoms with Crippen LogP contribution in [-0.2, 0) is 21.5 Å². The number of nitro benzene ring substituents is 1. The number of hydrogen-bond donors (Lipinski definition) is 0. The Labute approximate surface area is 228 Å². The molecule has 9 nitrogen and oxygen atoms in total. The van der Waals surface area contributed by atoms with E-state index in [9.17, 15) is 28.1 Å². The number of aryl methyl sites for hydroxylation is 1. The predicted molar refractivity (Wildman–Crippen MR) is 148 cm³/mol. The average Bonchev–Trinajstić information content (AvgIpc) is 3.17. The fourth-order valence-corrected chi connectivity index (χ4v) is 5.81. The van der Waals surface area contributed by atoms with E-state index in [0.717, 1.165) is 27.6 Å². The van der Waals surface area contributed by atoms with Crippen molar-refractivity contribution in [1.82, 2.24) is 4.90 Å². The summed E-state index contributed by atoms with van der Waals surface area (Å²) >= 11 is 0.722. The first kappa shape index (κ1) is 26.1. The summed E-state index contributed by atoms with van der Waals surface area (Å²) < 4.78 is 31.7. The second-order valence-electron chi connectivity index (χ2n) is 8.74. The van der Waals surface area contributed by atoms with E-state index in [-0.39, 0.29) is 27.8 Å². The monoisotopic (exact) mass is 560 g/mol. The number of carbonyl (C=O) groups is 2. The number of nitro groups is 1. The number of imide groups is 1. The van der Waals surface area contributed by atoms with Crippen LogP contribution in [0.15, 0.2) is 94.7 Å². The second kappa shape index (κ2) is 10.4. The zero-order valence-electron chi connectivity index (χ0n) is 20.4. The van der Waals surface area contributed by atoms with Crippen LogP contribution in [0.2, 0.25) is 0 Å². The van der Waals surface area contributed by atoms with Crippen LogP contribution in [0.1, 0.15) is 16.7 Å². The van der Waals surface area contributed by atoms with Gasteiger partial charge in [-0.2, -0.15) is 8.42 Å². The minimum atomic E-state index is -4.19. The highest BCUT2D eigenvalue weighted by Crippen LogP contribution is 2.38. The molecule has 5 rings (SSSR count). The van der Waals surface area contributed by atoms with Gasteiger partial charge in [-0.1, -0.05) is 60.2 Å². The maximum Gasteiger partial charge on any atom is 0.339 e. The lowest BCUT2D eigenvalue weighted by Gasteiger charge is -2.13. The fraction of sp³-hybridized carbons (Fsp3) is 0.0714. The summed E-state index contributed by atoms with van der Waals surface area (Å²) in [5.74, 6) is -0.555. The Kier molecular flexibility index (Phi) is 6.94. The average molecular weight is 561 g/mol. The molecular formula is C28H20N2O7S2. The third-order valence-corrected chi connectivity index (χ3v) is 8.23. The molecule has 0 unspecified atom stereocenters. The Morgan fingerprint density at radius 1 is 0.949 bits per heavy atom. The van der Waals surface area contributed by atoms with Gasteiger partial charge in [0.05, 0.1) is 16.4 Å². The largest absolute Gasteiger partial charge is 0.378 e. The highest BCUT2D eigenvalue weighted by atomic mass is 32.2. The number of carbonyl (C=O) groups excluding carboxylic acids is 2. The molecule has 196 valence electrons. The minimum Gasteiger partial charge on any atom is -0.378 e. The Balaban J connectivity index is 1.50. The normalized spacial score (nSPS) is 14.8. The van der Waals surface area contributed by atoms with Crippen molar-refractivity contribution in [2.45, 2.75) is 18.4 Å². The molecule has 0 radical (unpaired) electrons. The van der Waals surface area contributed by atoms with E-state index in [4.69, 9.17) is 4.18 Å². The molecule has 1 heterocycles. The Hall–Kier alpha value is -4.48. The number of hydrogen-bond acceptors (Lipinski definition) is 8. The molecule has 0 saturated carbocycles. The van der Waals surface area contributed by atoms with E-state index in [1.165, 1.54) is 48.5 Å². The first-order chi connectivity index (χ1) is 18.6. The van der Waals surface area contributed by atoms with Crippen molar-refractivity contribution in [2.24, 2.45) is 0 Å². The SMILES string of the molecule is Cc1ccc(S(=O)(=O)Oc2ccc3ccccc3c2/C=C2\SC(=O)N(Cc3ccc([N+](=O)[O-])cc3)C2=O)cc1. The predicted octanol–water partition coefficient (Wildman–Crippen LogP) is 6.06. The summed E-state index contributed by atoms with van der Waals surface area (Å²) in [4.78, 5) is 37.5. The molecule has 0 N–H and O–H groups in total. The van der Waals surface area contributed by atoms with E-state index in [1.54, 1.807) is 30.3 Å². The van der Waals surface area contributed by atoms with Crippen molar-refractivity contribution < 1.29 is 27.1 Å². The zero-order chi connectivity index (χ0) is 27.7. The number of benzene rings is 4. The minimum absolute atomic E-state index is 0.0106. The second-order valence-corrected chi connectivity index (χ2v) is 11.3. The van der Waals surface area contributed by atoms with Gasteiger partial charge < -0.3 is 4.18 Å². The lowest BCUT2D eigenvalue weighted by Crippen LogP contribution is -2.27. The molecule has 1 aliphatic heterocycles. The molecule has 2 amide bonds. The highest BCUT2D eigenvalue weighted by Gasteiger charge is 2.35. The third-order valence-electron chi connectivity index (χ3n) is 6.08. The Morgan fingerprint density at radius 3 is 2.33 bits per heavy atom. The van der Waals surface area contributed by atoms with Gasteiger partial charge >= 0.3 is 10.1 Å². The molecule has 4 aromatic carbocycles. The van der Waals surface area contributed by atoms with Crippen LogP contribution >= 0.6 is 11.8 Å². The van der Waals surface area contributed by atoms with Gasteiger partial charge in [0.25, 0.3) is 16.8 Å². The van der Waals surface area contributed by atoms with Crippen LogP contribution in [0.4, 0.5) is 10.5 Å². The first-order valence-corrected chi connectivity index (χ1v) is 13.9. The maximum atomic E-state index is 13.2. The van der Waals surface area contributed by atoms with E-state index in [2.05, 4.69) is 0 Å². The molecule has 11 heteroatoms. The fourth-order valence-electron chi connectivity index (χ4n) is 4.04. The topological polar surface area (TPSA) is 124 Å². The summed E-state index contributed by atoms with van der Waals surface area (Å²) in [5, 5.41) is 11.8. The van der Waals surface area contributed by atoms with Gasteiger partial charge in [0.1, 0.15) is 4.90 Å². The molecule has 4 aromatic rings. The molecule has 1 saturated heterocycles. The van der Waals surface area contributed by atoms with E-state index < -0.39 is 26.2 Å². The number of rotatable bonds is 7. The summed E-state index contributed by atoms with van der Waals surface area (Å²) in [6.07, 6.45) is 1.46. The van der Waals surface area contributed by atoms with Crippen molar-refractivity contribution >= 4 is 55.6 Å². The van der Waals surface area contributed by atoms with Crippen LogP contribution in [0.25, 0.3) is 16.8 Å². The van der Waals surface area contributed by atoms with Crippen molar-refractivity contribution in [3.8, 4) is 5.75 Å². The van der Waals surface area contributed by atoms with Crippen molar-refractivity contribution in [1.29, 1.82) is 0 Å². The van der Waals surface area contributed by atoms with Crippen molar-refractivity contribution in [3.63, 3.8) is 0 Å². The molecule has 0 spiro atoms. The van der Waals surface area contributed by atoms with Gasteiger partial charge in [0, 0.05) is 17.7 Å². The van der Waals surface area contributed by atoms with Gasteiger partial charge in [-0.05, 0) is 59.3 Å². The van der Waals surface area contributed by atoms with Crippen molar-refractivity contribution in [2.75, 3.05) is 0 Å². The summed E-state index contributed by atoms with van der Waals surface area (Å²) in [6.45, 7) is 1.77. The molecular weight excluding hydrogens is 540 g/mol. The molecule has 1 aliphatic rings. The first-order valence-electron chi connectivity index (χ1n) is 11.6. The van der Waals surface area contributed by atoms with Gasteiger partial charge in [-0.15, -0.1) is 0 Å². The lowest BCUT2D eigenvalue weighted by atomic mass is 10.0. The molecule has 0 aliphatic carbocycles. The highest BCUT2D eigenvalue weighted by molar-refractivity contribution is 8.18. The number of thioether (sulfide) groups is 1. The zero-order valence-corrected chi connectivity index (χ0v) is 22.1. The van der Waals surface area contributed by atoms with Gasteiger partial charge in [-0.3, -0.25) is 24.6 Å².